The van der Waals surface area contributed by atoms with Gasteiger partial charge in [-0.2, -0.15) is 0 Å². The average Bonchev–Trinajstić information content (AvgIpc) is 3.29. The predicted molar refractivity (Wildman–Crippen MR) is 128 cm³/mol. The van der Waals surface area contributed by atoms with Gasteiger partial charge in [-0.1, -0.05) is 42.0 Å². The second-order valence-corrected chi connectivity index (χ2v) is 8.01. The molecular weight excluding hydrogens is 389 g/mol. The first-order valence-electron chi connectivity index (χ1n) is 10.8. The topological polar surface area (TPSA) is 73.3 Å². The maximum atomic E-state index is 12.8. The molecule has 1 aliphatic rings. The zero-order chi connectivity index (χ0) is 22.6. The van der Waals surface area contributed by atoms with Crippen molar-refractivity contribution in [2.45, 2.75) is 39.0 Å². The van der Waals surface area contributed by atoms with Crippen molar-refractivity contribution in [2.75, 3.05) is 26.8 Å². The number of rotatable bonds is 7. The van der Waals surface area contributed by atoms with Crippen LogP contribution < -0.4 is 16.8 Å². The Balaban J connectivity index is 0.000000242. The molecule has 1 saturated heterocycles. The molecule has 0 spiro atoms. The number of aryl methyl sites for hydroxylation is 1. The number of nitrogens with one attached hydrogen (secondary N) is 1. The number of allylic oxidation sites excluding steroid dienone is 3. The van der Waals surface area contributed by atoms with Crippen LogP contribution in [0.5, 0.6) is 0 Å². The summed E-state index contributed by atoms with van der Waals surface area (Å²) in [6.45, 7) is 7.00. The van der Waals surface area contributed by atoms with Gasteiger partial charge in [-0.05, 0) is 80.5 Å². The number of methoxy groups -OCH3 is 1. The van der Waals surface area contributed by atoms with Crippen molar-refractivity contribution in [3.8, 4) is 0 Å². The van der Waals surface area contributed by atoms with Crippen molar-refractivity contribution < 1.29 is 9.13 Å². The average molecular weight is 426 g/mol. The fraction of sp³-hybridized carbons (Fsp3) is 0.385. The number of nitrogens with two attached hydrogens (primary N) is 2. The number of ether oxygens (including phenoxy) is 1. The van der Waals surface area contributed by atoms with Crippen molar-refractivity contribution in [1.29, 1.82) is 0 Å². The first kappa shape index (κ1) is 24.6. The van der Waals surface area contributed by atoms with E-state index in [0.29, 0.717) is 12.3 Å². The molecule has 1 aliphatic heterocycles. The number of benzene rings is 2. The molecule has 5 heteroatoms. The highest BCUT2D eigenvalue weighted by Gasteiger charge is 2.15. The summed E-state index contributed by atoms with van der Waals surface area (Å²) in [6, 6.07) is 15.0. The van der Waals surface area contributed by atoms with Gasteiger partial charge < -0.3 is 21.5 Å². The normalized spacial score (nSPS) is 17.0. The molecule has 1 heterocycles. The molecule has 0 bridgehead atoms. The lowest BCUT2D eigenvalue weighted by atomic mass is 9.98. The van der Waals surface area contributed by atoms with E-state index in [2.05, 4.69) is 36.5 Å². The van der Waals surface area contributed by atoms with E-state index in [0.717, 1.165) is 42.1 Å². The summed E-state index contributed by atoms with van der Waals surface area (Å²) in [6.07, 6.45) is 4.83. The van der Waals surface area contributed by atoms with Crippen LogP contribution in [0.4, 0.5) is 4.39 Å². The monoisotopic (exact) mass is 425 g/mol. The van der Waals surface area contributed by atoms with Gasteiger partial charge in [-0.15, -0.1) is 0 Å². The molecule has 0 amide bonds. The minimum Gasteiger partial charge on any atom is -0.402 e. The van der Waals surface area contributed by atoms with Crippen LogP contribution in [0.2, 0.25) is 0 Å². The molecule has 0 aromatic heterocycles. The highest BCUT2D eigenvalue weighted by Crippen LogP contribution is 2.22. The Kier molecular flexibility index (Phi) is 10.3. The number of hydrogen-bond acceptors (Lipinski definition) is 4. The van der Waals surface area contributed by atoms with Gasteiger partial charge in [0.05, 0.1) is 0 Å². The minimum absolute atomic E-state index is 0.276. The lowest BCUT2D eigenvalue weighted by Crippen LogP contribution is -2.07. The summed E-state index contributed by atoms with van der Waals surface area (Å²) in [5.74, 6) is 0.480. The van der Waals surface area contributed by atoms with E-state index in [4.69, 9.17) is 16.2 Å². The Hall–Kier alpha value is -2.63. The summed E-state index contributed by atoms with van der Waals surface area (Å²) in [4.78, 5) is 0. The third-order valence-electron chi connectivity index (χ3n) is 5.42. The first-order valence-corrected chi connectivity index (χ1v) is 10.8. The Bertz CT molecular complexity index is 847. The van der Waals surface area contributed by atoms with Gasteiger partial charge in [0.2, 0.25) is 0 Å². The van der Waals surface area contributed by atoms with Gasteiger partial charge in [0, 0.05) is 31.7 Å². The zero-order valence-electron chi connectivity index (χ0n) is 19.0. The maximum absolute atomic E-state index is 12.8. The Labute approximate surface area is 186 Å². The van der Waals surface area contributed by atoms with Gasteiger partial charge in [-0.3, -0.25) is 0 Å². The van der Waals surface area contributed by atoms with Crippen molar-refractivity contribution in [1.82, 2.24) is 5.32 Å². The minimum atomic E-state index is -0.276. The van der Waals surface area contributed by atoms with Crippen molar-refractivity contribution in [2.24, 2.45) is 11.5 Å². The number of halogens is 1. The molecule has 5 N–H and O–H groups in total. The summed E-state index contributed by atoms with van der Waals surface area (Å²) in [7, 11) is 1.67. The molecule has 31 heavy (non-hydrogen) atoms. The fourth-order valence-corrected chi connectivity index (χ4v) is 3.48. The smallest absolute Gasteiger partial charge is 0.123 e. The molecule has 1 atom stereocenters. The maximum Gasteiger partial charge on any atom is 0.123 e. The third kappa shape index (κ3) is 8.56. The number of hydrogen-bond donors (Lipinski definition) is 3. The molecule has 0 saturated carbocycles. The molecule has 0 aliphatic carbocycles. The van der Waals surface area contributed by atoms with Gasteiger partial charge in [-0.25, -0.2) is 4.39 Å². The Morgan fingerprint density at radius 2 is 1.81 bits per heavy atom. The fourth-order valence-electron chi connectivity index (χ4n) is 3.48. The standard InChI is InChI=1S/C15H21FN2O.C11H15N/c1-11(17)13(4-3-9-19-2)10-15(18)12-5-7-14(16)8-6-12;1-9-2-4-10(5-3-9)11-6-7-12-8-11/h5-8,10H,3-4,9,17-18H2,1-2H3;2-5,11-12H,6-8H2,1H3/b13-11-,15-10-;. The van der Waals surface area contributed by atoms with E-state index in [1.54, 1.807) is 19.2 Å². The third-order valence-corrected chi connectivity index (χ3v) is 5.42. The van der Waals surface area contributed by atoms with E-state index in [1.165, 1.54) is 36.2 Å². The Morgan fingerprint density at radius 1 is 1.13 bits per heavy atom. The molecule has 2 aromatic carbocycles. The molecule has 1 fully saturated rings. The summed E-state index contributed by atoms with van der Waals surface area (Å²) in [5, 5.41) is 3.39. The zero-order valence-corrected chi connectivity index (χ0v) is 19.0. The lowest BCUT2D eigenvalue weighted by molar-refractivity contribution is 0.195. The quantitative estimate of drug-likeness (QED) is 0.438. The van der Waals surface area contributed by atoms with E-state index in [1.807, 2.05) is 13.0 Å². The van der Waals surface area contributed by atoms with Crippen LogP contribution in [0.15, 0.2) is 65.9 Å². The van der Waals surface area contributed by atoms with Crippen LogP contribution in [0.1, 0.15) is 48.8 Å². The Morgan fingerprint density at radius 3 is 2.35 bits per heavy atom. The SMILES string of the molecule is COCCCC(/C=C(\N)c1ccc(F)cc1)=C(\C)N.Cc1ccc(C2CCNC2)cc1. The van der Waals surface area contributed by atoms with Gasteiger partial charge in [0.15, 0.2) is 0 Å². The van der Waals surface area contributed by atoms with E-state index < -0.39 is 0 Å². The van der Waals surface area contributed by atoms with E-state index in [9.17, 15) is 4.39 Å². The summed E-state index contributed by atoms with van der Waals surface area (Å²) >= 11 is 0. The molecule has 3 rings (SSSR count). The lowest BCUT2D eigenvalue weighted by Gasteiger charge is -2.08. The van der Waals surface area contributed by atoms with Crippen molar-refractivity contribution in [3.05, 3.63) is 88.4 Å². The van der Waals surface area contributed by atoms with Crippen LogP contribution in [0.25, 0.3) is 5.70 Å². The van der Waals surface area contributed by atoms with E-state index >= 15 is 0 Å². The molecule has 2 aromatic rings. The van der Waals surface area contributed by atoms with E-state index in [-0.39, 0.29) is 5.82 Å². The second-order valence-electron chi connectivity index (χ2n) is 8.01. The largest absolute Gasteiger partial charge is 0.402 e. The molecule has 4 nitrogen and oxygen atoms in total. The van der Waals surface area contributed by atoms with Crippen LogP contribution in [0.3, 0.4) is 0 Å². The summed E-state index contributed by atoms with van der Waals surface area (Å²) < 4.78 is 17.9. The van der Waals surface area contributed by atoms with Crippen molar-refractivity contribution >= 4 is 5.70 Å². The van der Waals surface area contributed by atoms with Crippen LogP contribution in [-0.4, -0.2) is 26.8 Å². The van der Waals surface area contributed by atoms with Gasteiger partial charge in [0.25, 0.3) is 0 Å². The molecular formula is C26H36FN3O. The molecule has 0 radical (unpaired) electrons. The second kappa shape index (κ2) is 12.9. The van der Waals surface area contributed by atoms with Crippen LogP contribution in [0, 0.1) is 12.7 Å². The van der Waals surface area contributed by atoms with Gasteiger partial charge >= 0.3 is 0 Å². The van der Waals surface area contributed by atoms with Crippen LogP contribution in [-0.2, 0) is 4.74 Å². The molecule has 168 valence electrons. The van der Waals surface area contributed by atoms with Crippen LogP contribution >= 0.6 is 0 Å². The molecule has 1 unspecified atom stereocenters. The summed E-state index contributed by atoms with van der Waals surface area (Å²) in [5.41, 5.74) is 17.8. The van der Waals surface area contributed by atoms with Gasteiger partial charge in [0.1, 0.15) is 5.82 Å². The highest BCUT2D eigenvalue weighted by molar-refractivity contribution is 5.65. The van der Waals surface area contributed by atoms with Crippen molar-refractivity contribution in [3.63, 3.8) is 0 Å². The predicted octanol–water partition coefficient (Wildman–Crippen LogP) is 4.86. The first-order chi connectivity index (χ1) is 14.9. The highest BCUT2D eigenvalue weighted by atomic mass is 19.1.